The van der Waals surface area contributed by atoms with Crippen LogP contribution < -0.4 is 0 Å². The lowest BCUT2D eigenvalue weighted by molar-refractivity contribution is -0.450. The van der Waals surface area contributed by atoms with Gasteiger partial charge in [0.2, 0.25) is 5.79 Å². The molecule has 0 amide bonds. The van der Waals surface area contributed by atoms with E-state index in [1.165, 1.54) is 12.3 Å². The second kappa shape index (κ2) is 7.69. The molecule has 1 aliphatic carbocycles. The smallest absolute Gasteiger partial charge is 0.335 e. The fraction of sp³-hybridized carbons (Fsp3) is 0.640. The summed E-state index contributed by atoms with van der Waals surface area (Å²) in [6.45, 7) is 12.4. The zero-order valence-electron chi connectivity index (χ0n) is 19.4. The molecule has 6 nitrogen and oxygen atoms in total. The van der Waals surface area contributed by atoms with Crippen LogP contribution in [-0.4, -0.2) is 35.7 Å². The first-order valence-corrected chi connectivity index (χ1v) is 11.1. The van der Waals surface area contributed by atoms with Crippen LogP contribution in [0.15, 0.2) is 47.8 Å². The van der Waals surface area contributed by atoms with Gasteiger partial charge in [-0.05, 0) is 64.5 Å². The predicted molar refractivity (Wildman–Crippen MR) is 116 cm³/mol. The van der Waals surface area contributed by atoms with Crippen molar-refractivity contribution >= 4 is 5.97 Å². The summed E-state index contributed by atoms with van der Waals surface area (Å²) in [6.07, 6.45) is 13.5. The Morgan fingerprint density at radius 1 is 1.16 bits per heavy atom. The fourth-order valence-corrected chi connectivity index (χ4v) is 5.32. The molecular formula is C25H34O6. The molecule has 3 aliphatic heterocycles. The van der Waals surface area contributed by atoms with Gasteiger partial charge in [0.05, 0.1) is 19.0 Å². The molecular weight excluding hydrogens is 396 g/mol. The largest absolute Gasteiger partial charge is 0.432 e. The van der Waals surface area contributed by atoms with E-state index in [1.807, 2.05) is 46.8 Å². The van der Waals surface area contributed by atoms with Crippen molar-refractivity contribution < 1.29 is 28.8 Å². The lowest BCUT2D eigenvalue weighted by Gasteiger charge is -2.49. The van der Waals surface area contributed by atoms with Crippen molar-refractivity contribution in [2.75, 3.05) is 6.61 Å². The highest BCUT2D eigenvalue weighted by Crippen LogP contribution is 2.61. The number of rotatable bonds is 3. The van der Waals surface area contributed by atoms with Crippen molar-refractivity contribution in [1.82, 2.24) is 0 Å². The average molecular weight is 431 g/mol. The van der Waals surface area contributed by atoms with E-state index in [-0.39, 0.29) is 23.4 Å². The second-order valence-corrected chi connectivity index (χ2v) is 10.5. The summed E-state index contributed by atoms with van der Waals surface area (Å²) in [5.74, 6) is -1.39. The number of carbonyl (C=O) groups excluding carboxylic acids is 1. The Bertz CT molecular complexity index is 863. The minimum atomic E-state index is -0.942. The minimum Gasteiger partial charge on any atom is -0.432 e. The monoisotopic (exact) mass is 430 g/mol. The van der Waals surface area contributed by atoms with Crippen molar-refractivity contribution in [3.05, 3.63) is 47.8 Å². The van der Waals surface area contributed by atoms with E-state index >= 15 is 0 Å². The van der Waals surface area contributed by atoms with Crippen LogP contribution in [0.3, 0.4) is 0 Å². The predicted octanol–water partition coefficient (Wildman–Crippen LogP) is 4.92. The molecule has 4 aliphatic rings. The first kappa shape index (κ1) is 22.5. The molecule has 0 N–H and O–H groups in total. The molecule has 0 aromatic rings. The van der Waals surface area contributed by atoms with Gasteiger partial charge in [0.25, 0.3) is 0 Å². The normalized spacial score (nSPS) is 40.9. The molecule has 2 fully saturated rings. The van der Waals surface area contributed by atoms with E-state index in [4.69, 9.17) is 24.0 Å². The Morgan fingerprint density at radius 3 is 2.68 bits per heavy atom. The lowest BCUT2D eigenvalue weighted by Crippen LogP contribution is -2.53. The average Bonchev–Trinajstić information content (AvgIpc) is 3.12. The number of carbonyl (C=O) groups is 1. The van der Waals surface area contributed by atoms with Gasteiger partial charge in [-0.15, -0.1) is 0 Å². The molecule has 1 spiro atoms. The van der Waals surface area contributed by atoms with E-state index in [9.17, 15) is 4.79 Å². The number of hydrogen-bond acceptors (Lipinski definition) is 6. The maximum Gasteiger partial charge on any atom is 0.335 e. The molecule has 3 heterocycles. The summed E-state index contributed by atoms with van der Waals surface area (Å²) in [5, 5.41) is 0. The Balaban J connectivity index is 1.75. The molecule has 6 heteroatoms. The Hall–Kier alpha value is -1.73. The summed E-state index contributed by atoms with van der Waals surface area (Å²) in [7, 11) is 0. The topological polar surface area (TPSA) is 63.2 Å². The number of fused-ring (bicyclic) bond motifs is 2. The van der Waals surface area contributed by atoms with Crippen LogP contribution in [-0.2, 0) is 28.8 Å². The van der Waals surface area contributed by atoms with E-state index in [0.717, 1.165) is 24.0 Å². The van der Waals surface area contributed by atoms with E-state index in [2.05, 4.69) is 19.1 Å². The van der Waals surface area contributed by atoms with Crippen LogP contribution >= 0.6 is 0 Å². The maximum atomic E-state index is 12.0. The van der Waals surface area contributed by atoms with Gasteiger partial charge in [0.15, 0.2) is 0 Å². The van der Waals surface area contributed by atoms with E-state index in [0.29, 0.717) is 13.0 Å². The molecule has 2 saturated heterocycles. The molecule has 0 aromatic carbocycles. The van der Waals surface area contributed by atoms with Crippen LogP contribution in [0, 0.1) is 11.3 Å². The molecule has 4 rings (SSSR count). The Morgan fingerprint density at radius 2 is 1.94 bits per heavy atom. The molecule has 31 heavy (non-hydrogen) atoms. The lowest BCUT2D eigenvalue weighted by atomic mass is 9.58. The van der Waals surface area contributed by atoms with Gasteiger partial charge in [0, 0.05) is 18.4 Å². The minimum absolute atomic E-state index is 0.0664. The highest BCUT2D eigenvalue weighted by molar-refractivity contribution is 5.83. The first-order chi connectivity index (χ1) is 14.5. The standard InChI is InChI=1S/C25H34O6/c1-17(2)14-21(26)27-13-9-19-23(5)11-7-10-22(3,4)30-31-24(6)15-20-25(19,29-24)18(8-12-23)16-28-20/h7-10,13-14,19-20H,11-12,15-16H2,1-6H3. The van der Waals surface area contributed by atoms with Crippen molar-refractivity contribution in [3.63, 3.8) is 0 Å². The third-order valence-corrected chi connectivity index (χ3v) is 6.79. The third-order valence-electron chi connectivity index (χ3n) is 6.79. The molecule has 170 valence electrons. The van der Waals surface area contributed by atoms with Gasteiger partial charge in [-0.25, -0.2) is 14.6 Å². The van der Waals surface area contributed by atoms with Gasteiger partial charge >= 0.3 is 5.97 Å². The molecule has 5 atom stereocenters. The molecule has 3 bridgehead atoms. The maximum absolute atomic E-state index is 12.0. The van der Waals surface area contributed by atoms with Crippen LogP contribution in [0.4, 0.5) is 0 Å². The molecule has 5 unspecified atom stereocenters. The number of esters is 1. The van der Waals surface area contributed by atoms with Gasteiger partial charge in [-0.3, -0.25) is 0 Å². The number of ether oxygens (including phenoxy) is 3. The highest BCUT2D eigenvalue weighted by atomic mass is 17.2. The van der Waals surface area contributed by atoms with E-state index < -0.39 is 17.0 Å². The Labute approximate surface area is 184 Å². The first-order valence-electron chi connectivity index (χ1n) is 11.1. The van der Waals surface area contributed by atoms with Gasteiger partial charge < -0.3 is 14.2 Å². The van der Waals surface area contributed by atoms with Crippen LogP contribution in [0.2, 0.25) is 0 Å². The van der Waals surface area contributed by atoms with E-state index in [1.54, 1.807) is 0 Å². The van der Waals surface area contributed by atoms with Crippen LogP contribution in [0.5, 0.6) is 0 Å². The second-order valence-electron chi connectivity index (χ2n) is 10.5. The summed E-state index contributed by atoms with van der Waals surface area (Å²) < 4.78 is 18.3. The molecule has 0 radical (unpaired) electrons. The summed E-state index contributed by atoms with van der Waals surface area (Å²) in [4.78, 5) is 23.7. The van der Waals surface area contributed by atoms with Crippen molar-refractivity contribution in [2.24, 2.45) is 11.3 Å². The Kier molecular flexibility index (Phi) is 5.58. The van der Waals surface area contributed by atoms with Gasteiger partial charge in [0.1, 0.15) is 11.2 Å². The summed E-state index contributed by atoms with van der Waals surface area (Å²) in [5.41, 5.74) is 0.616. The van der Waals surface area contributed by atoms with Gasteiger partial charge in [-0.1, -0.05) is 30.7 Å². The number of allylic oxidation sites excluding steroid dienone is 3. The molecule has 0 aromatic heterocycles. The van der Waals surface area contributed by atoms with Crippen molar-refractivity contribution in [3.8, 4) is 0 Å². The SMILES string of the molecule is CC(C)=CC(=O)OC=CC1C2(C)CC=CC(C)(C)OOC3(C)CC4OCC(=CC2)C41O3. The zero-order valence-corrected chi connectivity index (χ0v) is 19.4. The fourth-order valence-electron chi connectivity index (χ4n) is 5.32. The van der Waals surface area contributed by atoms with Crippen molar-refractivity contribution in [2.45, 2.75) is 83.9 Å². The number of hydrogen-bond donors (Lipinski definition) is 0. The van der Waals surface area contributed by atoms with Crippen LogP contribution in [0.1, 0.15) is 60.8 Å². The third kappa shape index (κ3) is 4.07. The van der Waals surface area contributed by atoms with Crippen molar-refractivity contribution in [1.29, 1.82) is 0 Å². The summed E-state index contributed by atoms with van der Waals surface area (Å²) in [6, 6.07) is 0. The quantitative estimate of drug-likeness (QED) is 0.208. The zero-order chi connectivity index (χ0) is 22.5. The highest BCUT2D eigenvalue weighted by Gasteiger charge is 2.68. The van der Waals surface area contributed by atoms with Gasteiger partial charge in [-0.2, -0.15) is 0 Å². The molecule has 0 saturated carbocycles. The summed E-state index contributed by atoms with van der Waals surface area (Å²) >= 11 is 0. The van der Waals surface area contributed by atoms with Crippen LogP contribution in [0.25, 0.3) is 0 Å².